The number of rotatable bonds is 5. The van der Waals surface area contributed by atoms with E-state index in [0.717, 1.165) is 9.75 Å². The van der Waals surface area contributed by atoms with Gasteiger partial charge in [-0.2, -0.15) is 0 Å². The molecule has 0 spiro atoms. The molecule has 1 aliphatic rings. The highest BCUT2D eigenvalue weighted by Crippen LogP contribution is 2.38. The molecule has 1 aromatic heterocycles. The molecule has 0 aliphatic carbocycles. The molecule has 2 aromatic rings. The van der Waals surface area contributed by atoms with E-state index >= 15 is 0 Å². The van der Waals surface area contributed by atoms with E-state index in [1.54, 1.807) is 23.5 Å². The predicted molar refractivity (Wildman–Crippen MR) is 98.4 cm³/mol. The van der Waals surface area contributed by atoms with E-state index in [4.69, 9.17) is 21.1 Å². The molecule has 1 amide bonds. The molecule has 7 heteroatoms. The Hall–Kier alpha value is -2.05. The number of fused-ring (bicyclic) bond motifs is 1. The lowest BCUT2D eigenvalue weighted by Crippen LogP contribution is -2.17. The van der Waals surface area contributed by atoms with E-state index in [1.807, 2.05) is 19.9 Å². The van der Waals surface area contributed by atoms with Crippen molar-refractivity contribution in [1.29, 1.82) is 0 Å². The molecule has 25 heavy (non-hydrogen) atoms. The van der Waals surface area contributed by atoms with Crippen LogP contribution in [-0.2, 0) is 4.79 Å². The van der Waals surface area contributed by atoms with E-state index in [9.17, 15) is 9.59 Å². The first-order valence-corrected chi connectivity index (χ1v) is 9.12. The summed E-state index contributed by atoms with van der Waals surface area (Å²) in [5, 5.41) is 3.10. The van der Waals surface area contributed by atoms with Crippen molar-refractivity contribution in [3.8, 4) is 11.5 Å². The zero-order valence-corrected chi connectivity index (χ0v) is 15.6. The Kier molecular flexibility index (Phi) is 5.30. The molecule has 1 N–H and O–H groups in total. The molecule has 0 radical (unpaired) electrons. The zero-order chi connectivity index (χ0) is 18.0. The standard InChI is InChI=1S/C18H18ClNO4S/c1-10-7-12(11(2)25-10)15(21)3-4-18(22)20-14-9-17-16(8-13(14)19)23-5-6-24-17/h7-9H,3-6H2,1-2H3,(H,20,22). The number of anilines is 1. The Morgan fingerprint density at radius 1 is 1.12 bits per heavy atom. The first-order valence-electron chi connectivity index (χ1n) is 7.93. The number of aryl methyl sites for hydroxylation is 2. The molecule has 0 saturated heterocycles. The molecule has 0 unspecified atom stereocenters. The van der Waals surface area contributed by atoms with Crippen LogP contribution in [0.25, 0.3) is 0 Å². The minimum atomic E-state index is -0.267. The molecule has 0 fully saturated rings. The van der Waals surface area contributed by atoms with Gasteiger partial charge in [0, 0.05) is 40.3 Å². The van der Waals surface area contributed by atoms with Crippen molar-refractivity contribution in [3.63, 3.8) is 0 Å². The highest BCUT2D eigenvalue weighted by Gasteiger charge is 2.18. The van der Waals surface area contributed by atoms with E-state index < -0.39 is 0 Å². The highest BCUT2D eigenvalue weighted by molar-refractivity contribution is 7.12. The largest absolute Gasteiger partial charge is 0.486 e. The maximum atomic E-state index is 12.3. The van der Waals surface area contributed by atoms with E-state index in [0.29, 0.717) is 41.0 Å². The molecule has 132 valence electrons. The van der Waals surface area contributed by atoms with E-state index in [-0.39, 0.29) is 24.5 Å². The normalized spacial score (nSPS) is 12.8. The number of hydrogen-bond donors (Lipinski definition) is 1. The third-order valence-electron chi connectivity index (χ3n) is 3.83. The fourth-order valence-electron chi connectivity index (χ4n) is 2.64. The van der Waals surface area contributed by atoms with Crippen LogP contribution in [0.2, 0.25) is 5.02 Å². The second-order valence-electron chi connectivity index (χ2n) is 5.77. The van der Waals surface area contributed by atoms with Crippen LogP contribution in [0.3, 0.4) is 0 Å². The average Bonchev–Trinajstić information content (AvgIpc) is 2.92. The monoisotopic (exact) mass is 379 g/mol. The van der Waals surface area contributed by atoms with Gasteiger partial charge in [-0.05, 0) is 19.9 Å². The topological polar surface area (TPSA) is 64.6 Å². The molecule has 1 aromatic carbocycles. The molecule has 3 rings (SSSR count). The van der Waals surface area contributed by atoms with Gasteiger partial charge in [0.25, 0.3) is 0 Å². The number of ketones is 1. The number of halogens is 1. The third kappa shape index (κ3) is 4.14. The van der Waals surface area contributed by atoms with Crippen molar-refractivity contribution in [2.45, 2.75) is 26.7 Å². The Balaban J connectivity index is 1.61. The van der Waals surface area contributed by atoms with Crippen molar-refractivity contribution < 1.29 is 19.1 Å². The van der Waals surface area contributed by atoms with Crippen LogP contribution in [0.5, 0.6) is 11.5 Å². The number of Topliss-reactive ketones (excluding diaryl/α,β-unsaturated/α-hetero) is 1. The van der Waals surface area contributed by atoms with Crippen molar-refractivity contribution in [3.05, 3.63) is 38.5 Å². The number of thiophene rings is 1. The molecular weight excluding hydrogens is 362 g/mol. The molecule has 5 nitrogen and oxygen atoms in total. The second-order valence-corrected chi connectivity index (χ2v) is 7.64. The summed E-state index contributed by atoms with van der Waals surface area (Å²) in [5.74, 6) is 0.820. The Morgan fingerprint density at radius 3 is 2.44 bits per heavy atom. The molecular formula is C18H18ClNO4S. The van der Waals surface area contributed by atoms with Gasteiger partial charge in [-0.25, -0.2) is 0 Å². The van der Waals surface area contributed by atoms with E-state index in [2.05, 4.69) is 5.32 Å². The van der Waals surface area contributed by atoms with Crippen LogP contribution in [0.4, 0.5) is 5.69 Å². The summed E-state index contributed by atoms with van der Waals surface area (Å²) in [6, 6.07) is 5.13. The Morgan fingerprint density at radius 2 is 1.80 bits per heavy atom. The summed E-state index contributed by atoms with van der Waals surface area (Å²) in [7, 11) is 0. The van der Waals surface area contributed by atoms with Gasteiger partial charge < -0.3 is 14.8 Å². The number of nitrogens with one attached hydrogen (secondary N) is 1. The molecule has 0 bridgehead atoms. The molecule has 0 atom stereocenters. The van der Waals surface area contributed by atoms with Crippen molar-refractivity contribution in [2.24, 2.45) is 0 Å². The SMILES string of the molecule is Cc1cc(C(=O)CCC(=O)Nc2cc3c(cc2Cl)OCCO3)c(C)s1. The summed E-state index contributed by atoms with van der Waals surface area (Å²) in [5.41, 5.74) is 1.15. The fourth-order valence-corrected chi connectivity index (χ4v) is 3.79. The fraction of sp³-hybridized carbons (Fsp3) is 0.333. The number of hydrogen-bond acceptors (Lipinski definition) is 5. The smallest absolute Gasteiger partial charge is 0.224 e. The number of benzene rings is 1. The lowest BCUT2D eigenvalue weighted by Gasteiger charge is -2.20. The van der Waals surface area contributed by atoms with Gasteiger partial charge in [0.2, 0.25) is 5.91 Å². The lowest BCUT2D eigenvalue weighted by atomic mass is 10.1. The minimum Gasteiger partial charge on any atom is -0.486 e. The molecule has 2 heterocycles. The van der Waals surface area contributed by atoms with Crippen molar-refractivity contribution in [1.82, 2.24) is 0 Å². The second kappa shape index (κ2) is 7.45. The van der Waals surface area contributed by atoms with Crippen LogP contribution in [0, 0.1) is 13.8 Å². The first-order chi connectivity index (χ1) is 11.9. The lowest BCUT2D eigenvalue weighted by molar-refractivity contribution is -0.116. The van der Waals surface area contributed by atoms with E-state index in [1.165, 1.54) is 0 Å². The summed E-state index contributed by atoms with van der Waals surface area (Å²) in [6.45, 7) is 4.81. The summed E-state index contributed by atoms with van der Waals surface area (Å²) >= 11 is 7.76. The number of amides is 1. The van der Waals surface area contributed by atoms with Crippen molar-refractivity contribution >= 4 is 40.3 Å². The van der Waals surface area contributed by atoms with Crippen LogP contribution >= 0.6 is 22.9 Å². The van der Waals surface area contributed by atoms with Crippen LogP contribution in [0.15, 0.2) is 18.2 Å². The Labute approximate surface area is 154 Å². The number of ether oxygens (including phenoxy) is 2. The molecule has 0 saturated carbocycles. The maximum Gasteiger partial charge on any atom is 0.224 e. The van der Waals surface area contributed by atoms with Gasteiger partial charge in [0.1, 0.15) is 13.2 Å². The van der Waals surface area contributed by atoms with Crippen LogP contribution in [0.1, 0.15) is 33.0 Å². The first kappa shape index (κ1) is 17.8. The minimum absolute atomic E-state index is 0.0229. The third-order valence-corrected chi connectivity index (χ3v) is 5.11. The maximum absolute atomic E-state index is 12.3. The average molecular weight is 380 g/mol. The van der Waals surface area contributed by atoms with Gasteiger partial charge >= 0.3 is 0 Å². The van der Waals surface area contributed by atoms with Crippen LogP contribution < -0.4 is 14.8 Å². The quantitative estimate of drug-likeness (QED) is 0.782. The van der Waals surface area contributed by atoms with Gasteiger partial charge in [-0.15, -0.1) is 11.3 Å². The predicted octanol–water partition coefficient (Wildman–Crippen LogP) is 4.39. The number of carbonyl (C=O) groups excluding carboxylic acids is 2. The number of carbonyl (C=O) groups is 2. The van der Waals surface area contributed by atoms with Gasteiger partial charge in [-0.3, -0.25) is 9.59 Å². The summed E-state index contributed by atoms with van der Waals surface area (Å²) < 4.78 is 10.9. The highest BCUT2D eigenvalue weighted by atomic mass is 35.5. The zero-order valence-electron chi connectivity index (χ0n) is 14.0. The van der Waals surface area contributed by atoms with Crippen molar-refractivity contribution in [2.75, 3.05) is 18.5 Å². The Bertz CT molecular complexity index is 831. The van der Waals surface area contributed by atoms with Gasteiger partial charge in [0.15, 0.2) is 17.3 Å². The summed E-state index contributed by atoms with van der Waals surface area (Å²) in [6.07, 6.45) is 0.253. The van der Waals surface area contributed by atoms with Gasteiger partial charge in [0.05, 0.1) is 10.7 Å². The van der Waals surface area contributed by atoms with Crippen LogP contribution in [-0.4, -0.2) is 24.9 Å². The van der Waals surface area contributed by atoms with Gasteiger partial charge in [-0.1, -0.05) is 11.6 Å². The summed E-state index contributed by atoms with van der Waals surface area (Å²) in [4.78, 5) is 26.5. The molecule has 1 aliphatic heterocycles.